The van der Waals surface area contributed by atoms with Crippen molar-refractivity contribution in [1.82, 2.24) is 10.6 Å². The van der Waals surface area contributed by atoms with Gasteiger partial charge >= 0.3 is 0 Å². The van der Waals surface area contributed by atoms with Crippen LogP contribution in [0.4, 0.5) is 0 Å². The minimum absolute atomic E-state index is 0.340. The SMILES string of the molecule is c1ccc(-c2ccc(C3=NC(c4ccc5sc6ccccc6c5c4)NC(c4c(-c5cccc6ccccc56)ccc5oc6cc7ccccc7cc6c45)N3)cc2)cc1. The summed E-state index contributed by atoms with van der Waals surface area (Å²) >= 11 is 1.84. The number of nitrogens with zero attached hydrogens (tertiary/aromatic N) is 1. The smallest absolute Gasteiger partial charge is 0.136 e. The van der Waals surface area contributed by atoms with E-state index in [2.05, 4.69) is 199 Å². The number of aliphatic imine (C=N–C) groups is 1. The summed E-state index contributed by atoms with van der Waals surface area (Å²) in [5, 5.41) is 17.4. The molecule has 0 aliphatic carbocycles. The first kappa shape index (κ1) is 33.1. The van der Waals surface area contributed by atoms with Crippen molar-refractivity contribution in [1.29, 1.82) is 0 Å². The van der Waals surface area contributed by atoms with Crippen molar-refractivity contribution >= 4 is 80.8 Å². The number of furan rings is 1. The van der Waals surface area contributed by atoms with Gasteiger partial charge in [-0.15, -0.1) is 11.3 Å². The summed E-state index contributed by atoms with van der Waals surface area (Å²) in [6.07, 6.45) is -0.682. The lowest BCUT2D eigenvalue weighted by Gasteiger charge is -2.34. The predicted octanol–water partition coefficient (Wildman–Crippen LogP) is 13.9. The van der Waals surface area contributed by atoms with E-state index in [4.69, 9.17) is 9.41 Å². The fourth-order valence-corrected chi connectivity index (χ4v) is 10.1. The molecule has 5 heteroatoms. The lowest BCUT2D eigenvalue weighted by atomic mass is 9.89. The van der Waals surface area contributed by atoms with Gasteiger partial charge in [-0.2, -0.15) is 0 Å². The molecule has 2 N–H and O–H groups in total. The van der Waals surface area contributed by atoms with E-state index < -0.39 is 0 Å². The van der Waals surface area contributed by atoms with Crippen molar-refractivity contribution in [2.45, 2.75) is 12.3 Å². The second kappa shape index (κ2) is 13.3. The highest BCUT2D eigenvalue weighted by Crippen LogP contribution is 2.44. The monoisotopic (exact) mass is 761 g/mol. The molecule has 0 radical (unpaired) electrons. The second-order valence-corrected chi connectivity index (χ2v) is 16.2. The topological polar surface area (TPSA) is 49.6 Å². The number of nitrogens with one attached hydrogen (secondary N) is 2. The Morgan fingerprint density at radius 1 is 0.466 bits per heavy atom. The fourth-order valence-electron chi connectivity index (χ4n) is 8.96. The summed E-state index contributed by atoms with van der Waals surface area (Å²) in [4.78, 5) is 5.47. The summed E-state index contributed by atoms with van der Waals surface area (Å²) < 4.78 is 9.31. The largest absolute Gasteiger partial charge is 0.456 e. The van der Waals surface area contributed by atoms with E-state index in [1.54, 1.807) is 0 Å². The Hall–Kier alpha value is -7.05. The Kier molecular flexibility index (Phi) is 7.58. The Labute approximate surface area is 338 Å². The maximum Gasteiger partial charge on any atom is 0.136 e. The number of hydrogen-bond acceptors (Lipinski definition) is 5. The van der Waals surface area contributed by atoms with Crippen LogP contribution in [0.3, 0.4) is 0 Å². The molecule has 3 heterocycles. The number of amidine groups is 1. The zero-order valence-corrected chi connectivity index (χ0v) is 32.1. The van der Waals surface area contributed by atoms with Crippen LogP contribution in [0.2, 0.25) is 0 Å². The number of benzene rings is 9. The van der Waals surface area contributed by atoms with E-state index in [1.165, 1.54) is 53.0 Å². The summed E-state index contributed by atoms with van der Waals surface area (Å²) in [6.45, 7) is 0. The van der Waals surface area contributed by atoms with Crippen LogP contribution in [0.1, 0.15) is 29.0 Å². The molecular weight excluding hydrogens is 727 g/mol. The molecule has 12 rings (SSSR count). The van der Waals surface area contributed by atoms with Crippen LogP contribution in [-0.2, 0) is 0 Å². The quantitative estimate of drug-likeness (QED) is 0.184. The zero-order valence-electron chi connectivity index (χ0n) is 31.3. The van der Waals surface area contributed by atoms with Gasteiger partial charge in [-0.1, -0.05) is 152 Å². The molecule has 0 spiro atoms. The van der Waals surface area contributed by atoms with Gasteiger partial charge in [-0.05, 0) is 85.8 Å². The van der Waals surface area contributed by atoms with Crippen LogP contribution < -0.4 is 10.6 Å². The molecule has 0 saturated carbocycles. The predicted molar refractivity (Wildman–Crippen MR) is 244 cm³/mol. The van der Waals surface area contributed by atoms with Gasteiger partial charge in [0.2, 0.25) is 0 Å². The van der Waals surface area contributed by atoms with Crippen molar-refractivity contribution < 1.29 is 4.42 Å². The normalized spacial score (nSPS) is 15.8. The van der Waals surface area contributed by atoms with Gasteiger partial charge in [-0.25, -0.2) is 4.99 Å². The number of thiophene rings is 1. The van der Waals surface area contributed by atoms with Crippen LogP contribution in [0, 0.1) is 0 Å². The Morgan fingerprint density at radius 3 is 2.02 bits per heavy atom. The van der Waals surface area contributed by atoms with Gasteiger partial charge in [0.25, 0.3) is 0 Å². The average molecular weight is 762 g/mol. The third-order valence-corrected chi connectivity index (χ3v) is 12.9. The maximum atomic E-state index is 6.74. The summed E-state index contributed by atoms with van der Waals surface area (Å²) in [5.41, 5.74) is 9.67. The summed E-state index contributed by atoms with van der Waals surface area (Å²) in [7, 11) is 0. The molecule has 2 unspecified atom stereocenters. The minimum Gasteiger partial charge on any atom is -0.456 e. The van der Waals surface area contributed by atoms with Gasteiger partial charge in [0.1, 0.15) is 29.3 Å². The summed E-state index contributed by atoms with van der Waals surface area (Å²) in [6, 6.07) is 67.5. The molecule has 1 aliphatic heterocycles. The third-order valence-electron chi connectivity index (χ3n) is 11.8. The van der Waals surface area contributed by atoms with Gasteiger partial charge < -0.3 is 9.73 Å². The van der Waals surface area contributed by atoms with Crippen LogP contribution in [0.25, 0.3) is 85.9 Å². The van der Waals surface area contributed by atoms with Crippen molar-refractivity contribution in [3.63, 3.8) is 0 Å². The molecule has 0 bridgehead atoms. The van der Waals surface area contributed by atoms with Gasteiger partial charge in [-0.3, -0.25) is 5.32 Å². The van der Waals surface area contributed by atoms with Crippen molar-refractivity contribution in [3.8, 4) is 22.3 Å². The van der Waals surface area contributed by atoms with Crippen molar-refractivity contribution in [3.05, 3.63) is 205 Å². The van der Waals surface area contributed by atoms with Crippen LogP contribution in [0.5, 0.6) is 0 Å². The number of fused-ring (bicyclic) bond motifs is 8. The van der Waals surface area contributed by atoms with E-state index in [0.717, 1.165) is 55.4 Å². The van der Waals surface area contributed by atoms with Gasteiger partial charge in [0.05, 0.1) is 0 Å². The highest BCUT2D eigenvalue weighted by molar-refractivity contribution is 7.25. The minimum atomic E-state index is -0.342. The molecule has 4 nitrogen and oxygen atoms in total. The molecule has 2 aromatic heterocycles. The van der Waals surface area contributed by atoms with Crippen LogP contribution in [0.15, 0.2) is 197 Å². The molecule has 11 aromatic rings. The lowest BCUT2D eigenvalue weighted by molar-refractivity contribution is 0.412. The van der Waals surface area contributed by atoms with Crippen LogP contribution in [-0.4, -0.2) is 5.84 Å². The van der Waals surface area contributed by atoms with Crippen molar-refractivity contribution in [2.75, 3.05) is 0 Å². The first-order chi connectivity index (χ1) is 28.7. The molecule has 0 saturated heterocycles. The Morgan fingerprint density at radius 2 is 1.16 bits per heavy atom. The molecule has 2 atom stereocenters. The fraction of sp³-hybridized carbons (Fsp3) is 0.0377. The number of hydrogen-bond donors (Lipinski definition) is 2. The van der Waals surface area contributed by atoms with E-state index in [-0.39, 0.29) is 12.3 Å². The summed E-state index contributed by atoms with van der Waals surface area (Å²) in [5.74, 6) is 0.836. The van der Waals surface area contributed by atoms with Gasteiger partial charge in [0, 0.05) is 42.1 Å². The zero-order chi connectivity index (χ0) is 38.2. The Bertz CT molecular complexity index is 3410. The van der Waals surface area contributed by atoms with E-state index >= 15 is 0 Å². The highest BCUT2D eigenvalue weighted by Gasteiger charge is 2.31. The first-order valence-electron chi connectivity index (χ1n) is 19.8. The Balaban J connectivity index is 1.09. The van der Waals surface area contributed by atoms with Crippen LogP contribution >= 0.6 is 11.3 Å². The third kappa shape index (κ3) is 5.43. The lowest BCUT2D eigenvalue weighted by Crippen LogP contribution is -2.45. The highest BCUT2D eigenvalue weighted by atomic mass is 32.1. The van der Waals surface area contributed by atoms with E-state index in [9.17, 15) is 0 Å². The molecule has 9 aromatic carbocycles. The second-order valence-electron chi connectivity index (χ2n) is 15.1. The standard InChI is InChI=1S/C53H35N3OS/c1-2-11-32(12-3-1)33-21-23-35(24-22-33)51-54-52(38-25-28-48-43(30-38)41-18-8-9-20-47(41)58-48)56-53(55-51)50-42(40-19-10-16-34-13-6-7-17-39(34)40)26-27-45-49(50)44-29-36-14-4-5-15-37(36)31-46(44)57-45/h1-31,52-53,56H,(H,54,55). The molecule has 0 fully saturated rings. The molecule has 58 heavy (non-hydrogen) atoms. The van der Waals surface area contributed by atoms with Gasteiger partial charge in [0.15, 0.2) is 0 Å². The van der Waals surface area contributed by atoms with E-state index in [0.29, 0.717) is 0 Å². The first-order valence-corrected chi connectivity index (χ1v) is 20.6. The molecule has 274 valence electrons. The molecule has 1 aliphatic rings. The average Bonchev–Trinajstić information content (AvgIpc) is 3.85. The molecular formula is C53H35N3OS. The molecule has 0 amide bonds. The number of rotatable bonds is 5. The van der Waals surface area contributed by atoms with E-state index in [1.807, 2.05) is 11.3 Å². The van der Waals surface area contributed by atoms with Crippen molar-refractivity contribution in [2.24, 2.45) is 4.99 Å². The maximum absolute atomic E-state index is 6.74.